The lowest BCUT2D eigenvalue weighted by Gasteiger charge is -2.38. The summed E-state index contributed by atoms with van der Waals surface area (Å²) in [5.74, 6) is -0.238. The van der Waals surface area contributed by atoms with Gasteiger partial charge < -0.3 is 9.47 Å². The summed E-state index contributed by atoms with van der Waals surface area (Å²) in [6, 6.07) is 8.43. The van der Waals surface area contributed by atoms with Crippen LogP contribution >= 0.6 is 0 Å². The molecule has 2 aliphatic rings. The van der Waals surface area contributed by atoms with Crippen molar-refractivity contribution < 1.29 is 31.1 Å². The van der Waals surface area contributed by atoms with Gasteiger partial charge in [-0.05, 0) is 79.8 Å². The molecule has 0 spiro atoms. The van der Waals surface area contributed by atoms with Gasteiger partial charge in [-0.2, -0.15) is 13.2 Å². The minimum absolute atomic E-state index is 0.108. The highest BCUT2D eigenvalue weighted by Crippen LogP contribution is 2.41. The van der Waals surface area contributed by atoms with Crippen LogP contribution in [0.25, 0.3) is 0 Å². The second kappa shape index (κ2) is 10.4. The Balaban J connectivity index is 1.70. The van der Waals surface area contributed by atoms with Crippen molar-refractivity contribution in [2.45, 2.75) is 69.5 Å². The summed E-state index contributed by atoms with van der Waals surface area (Å²) < 4.78 is 81.7. The fourth-order valence-electron chi connectivity index (χ4n) is 4.86. The van der Waals surface area contributed by atoms with Crippen LogP contribution in [0.5, 0.6) is 5.75 Å². The zero-order chi connectivity index (χ0) is 25.2. The molecule has 0 N–H and O–H groups in total. The number of nitrogens with zero attached hydrogens (tertiary/aromatic N) is 1. The summed E-state index contributed by atoms with van der Waals surface area (Å²) >= 11 is 0. The molecular weight excluding hydrogens is 479 g/mol. The van der Waals surface area contributed by atoms with E-state index in [0.717, 1.165) is 48.9 Å². The van der Waals surface area contributed by atoms with E-state index in [1.807, 2.05) is 26.0 Å². The van der Waals surface area contributed by atoms with E-state index >= 15 is 0 Å². The Morgan fingerprint density at radius 3 is 2.46 bits per heavy atom. The summed E-state index contributed by atoms with van der Waals surface area (Å²) in [5.41, 5.74) is 1.48. The van der Waals surface area contributed by atoms with Crippen molar-refractivity contribution in [2.75, 3.05) is 24.1 Å². The van der Waals surface area contributed by atoms with Crippen LogP contribution in [0.3, 0.4) is 0 Å². The highest BCUT2D eigenvalue weighted by Gasteiger charge is 2.39. The van der Waals surface area contributed by atoms with Crippen molar-refractivity contribution in [3.63, 3.8) is 0 Å². The van der Waals surface area contributed by atoms with Crippen molar-refractivity contribution in [3.05, 3.63) is 53.1 Å². The van der Waals surface area contributed by atoms with Gasteiger partial charge in [0.2, 0.25) is 0 Å². The molecule has 192 valence electrons. The van der Waals surface area contributed by atoms with E-state index in [1.165, 1.54) is 10.4 Å². The predicted molar refractivity (Wildman–Crippen MR) is 128 cm³/mol. The topological polar surface area (TPSA) is 55.8 Å². The largest absolute Gasteiger partial charge is 0.493 e. The van der Waals surface area contributed by atoms with Crippen molar-refractivity contribution >= 4 is 15.7 Å². The zero-order valence-electron chi connectivity index (χ0n) is 20.1. The van der Waals surface area contributed by atoms with E-state index in [1.54, 1.807) is 6.07 Å². The average Bonchev–Trinajstić information content (AvgIpc) is 2.86. The molecule has 1 atom stereocenters. The summed E-state index contributed by atoms with van der Waals surface area (Å²) in [6.07, 6.45) is -0.569. The molecule has 0 saturated carbocycles. The number of hydrogen-bond donors (Lipinski definition) is 0. The van der Waals surface area contributed by atoms with Crippen LogP contribution in [0.1, 0.15) is 56.2 Å². The minimum Gasteiger partial charge on any atom is -0.493 e. The summed E-state index contributed by atoms with van der Waals surface area (Å²) in [6.45, 7) is 5.18. The van der Waals surface area contributed by atoms with Gasteiger partial charge in [0.15, 0.2) is 0 Å². The van der Waals surface area contributed by atoms with E-state index in [-0.39, 0.29) is 29.2 Å². The van der Waals surface area contributed by atoms with Crippen LogP contribution in [0.4, 0.5) is 18.9 Å². The molecule has 2 aliphatic heterocycles. The zero-order valence-corrected chi connectivity index (χ0v) is 20.9. The van der Waals surface area contributed by atoms with Gasteiger partial charge in [-0.15, -0.1) is 0 Å². The number of hydrogen-bond acceptors (Lipinski definition) is 4. The smallest absolute Gasteiger partial charge is 0.420 e. The molecule has 0 amide bonds. The first kappa shape index (κ1) is 25.8. The molecular formula is C26H32F3NO4S. The van der Waals surface area contributed by atoms with Gasteiger partial charge in [0.25, 0.3) is 10.0 Å². The Kier molecular flexibility index (Phi) is 7.66. The molecule has 9 heteroatoms. The van der Waals surface area contributed by atoms with E-state index in [0.29, 0.717) is 31.7 Å². The van der Waals surface area contributed by atoms with Crippen LogP contribution in [-0.2, 0) is 33.8 Å². The highest BCUT2D eigenvalue weighted by molar-refractivity contribution is 7.92. The standard InChI is InChI=1S/C26H32F3NO4S/c1-3-18-5-9-24-20(15-18)6-7-21(4-2)30(24)35(31,32)22-8-10-25(23(16-22)26(27,28)29)34-17-19-11-13-33-14-12-19/h5,8-10,15-16,19,21H,3-4,6-7,11-14,17H2,1-2H3. The number of anilines is 1. The first-order chi connectivity index (χ1) is 16.6. The molecule has 0 bridgehead atoms. The number of fused-ring (bicyclic) bond motifs is 1. The quantitative estimate of drug-likeness (QED) is 0.458. The number of rotatable bonds is 7. The summed E-state index contributed by atoms with van der Waals surface area (Å²) in [5, 5.41) is 0. The van der Waals surface area contributed by atoms with Crippen LogP contribution in [-0.4, -0.2) is 34.3 Å². The van der Waals surface area contributed by atoms with Crippen molar-refractivity contribution in [1.29, 1.82) is 0 Å². The maximum absolute atomic E-state index is 14.0. The number of ether oxygens (including phenoxy) is 2. The number of sulfonamides is 1. The summed E-state index contributed by atoms with van der Waals surface area (Å²) in [4.78, 5) is -0.380. The predicted octanol–water partition coefficient (Wildman–Crippen LogP) is 5.99. The van der Waals surface area contributed by atoms with E-state index in [9.17, 15) is 21.6 Å². The van der Waals surface area contributed by atoms with Crippen LogP contribution < -0.4 is 9.04 Å². The molecule has 4 rings (SSSR count). The molecule has 2 heterocycles. The van der Waals surface area contributed by atoms with Gasteiger partial charge in [-0.25, -0.2) is 8.42 Å². The Morgan fingerprint density at radius 1 is 1.06 bits per heavy atom. The second-order valence-corrected chi connectivity index (χ2v) is 11.1. The third kappa shape index (κ3) is 5.45. The van der Waals surface area contributed by atoms with E-state index in [4.69, 9.17) is 9.47 Å². The molecule has 35 heavy (non-hydrogen) atoms. The van der Waals surface area contributed by atoms with Crippen molar-refractivity contribution in [1.82, 2.24) is 0 Å². The van der Waals surface area contributed by atoms with Crippen molar-refractivity contribution in [2.24, 2.45) is 5.92 Å². The lowest BCUT2D eigenvalue weighted by atomic mass is 9.94. The van der Waals surface area contributed by atoms with Gasteiger partial charge in [0, 0.05) is 19.3 Å². The Hall–Kier alpha value is -2.26. The van der Waals surface area contributed by atoms with Gasteiger partial charge in [-0.1, -0.05) is 26.0 Å². The number of alkyl halides is 3. The SMILES string of the molecule is CCc1ccc2c(c1)CCC(CC)N2S(=O)(=O)c1ccc(OCC2CCOCC2)c(C(F)(F)F)c1. The molecule has 5 nitrogen and oxygen atoms in total. The monoisotopic (exact) mass is 511 g/mol. The fourth-order valence-corrected chi connectivity index (χ4v) is 6.67. The number of halogens is 3. The van der Waals surface area contributed by atoms with E-state index in [2.05, 4.69) is 0 Å². The number of benzene rings is 2. The van der Waals surface area contributed by atoms with Gasteiger partial charge >= 0.3 is 6.18 Å². The molecule has 1 fully saturated rings. The van der Waals surface area contributed by atoms with Gasteiger partial charge in [-0.3, -0.25) is 4.31 Å². The van der Waals surface area contributed by atoms with Crippen LogP contribution in [0.15, 0.2) is 41.3 Å². The maximum Gasteiger partial charge on any atom is 0.420 e. The Labute approximate surface area is 205 Å². The van der Waals surface area contributed by atoms with Crippen LogP contribution in [0, 0.1) is 5.92 Å². The van der Waals surface area contributed by atoms with E-state index < -0.39 is 21.8 Å². The third-order valence-corrected chi connectivity index (χ3v) is 8.83. The molecule has 2 aromatic rings. The fraction of sp³-hybridized carbons (Fsp3) is 0.538. The molecule has 0 aromatic heterocycles. The molecule has 0 aliphatic carbocycles. The Bertz CT molecular complexity index is 1140. The lowest BCUT2D eigenvalue weighted by Crippen LogP contribution is -2.43. The molecule has 1 saturated heterocycles. The molecule has 0 radical (unpaired) electrons. The molecule has 2 aromatic carbocycles. The Morgan fingerprint density at radius 2 is 1.80 bits per heavy atom. The van der Waals surface area contributed by atoms with Crippen LogP contribution in [0.2, 0.25) is 0 Å². The number of aryl methyl sites for hydroxylation is 2. The first-order valence-electron chi connectivity index (χ1n) is 12.2. The lowest BCUT2D eigenvalue weighted by molar-refractivity contribution is -0.139. The average molecular weight is 512 g/mol. The van der Waals surface area contributed by atoms with Gasteiger partial charge in [0.1, 0.15) is 5.75 Å². The second-order valence-electron chi connectivity index (χ2n) is 9.24. The first-order valence-corrected chi connectivity index (χ1v) is 13.7. The highest BCUT2D eigenvalue weighted by atomic mass is 32.2. The van der Waals surface area contributed by atoms with Crippen molar-refractivity contribution in [3.8, 4) is 5.75 Å². The maximum atomic E-state index is 14.0. The molecule has 1 unspecified atom stereocenters. The van der Waals surface area contributed by atoms with Gasteiger partial charge in [0.05, 0.1) is 22.8 Å². The minimum atomic E-state index is -4.75. The third-order valence-electron chi connectivity index (χ3n) is 6.97. The summed E-state index contributed by atoms with van der Waals surface area (Å²) in [7, 11) is -4.23. The normalized spacial score (nSPS) is 19.5.